The van der Waals surface area contributed by atoms with Gasteiger partial charge >= 0.3 is 5.97 Å². The topological polar surface area (TPSA) is 118 Å². The Morgan fingerprint density at radius 3 is 2.22 bits per heavy atom. The van der Waals surface area contributed by atoms with Crippen molar-refractivity contribution in [2.24, 2.45) is 0 Å². The van der Waals surface area contributed by atoms with Crippen molar-refractivity contribution in [1.82, 2.24) is 10.2 Å². The van der Waals surface area contributed by atoms with E-state index in [0.29, 0.717) is 17.1 Å². The first-order chi connectivity index (χ1) is 22.4. The Kier molecular flexibility index (Phi) is 9.03. The maximum Gasteiger partial charge on any atom is 0.339 e. The Morgan fingerprint density at radius 2 is 1.59 bits per heavy atom. The molecule has 1 saturated heterocycles. The largest absolute Gasteiger partial charge is 0.489 e. The summed E-state index contributed by atoms with van der Waals surface area (Å²) in [7, 11) is 0. The van der Waals surface area contributed by atoms with Gasteiger partial charge in [0.15, 0.2) is 6.10 Å². The number of nitrogens with zero attached hydrogens (tertiary/aromatic N) is 2. The Morgan fingerprint density at radius 1 is 0.913 bits per heavy atom. The van der Waals surface area contributed by atoms with Crippen molar-refractivity contribution >= 4 is 29.5 Å². The van der Waals surface area contributed by atoms with Crippen molar-refractivity contribution in [1.29, 1.82) is 5.26 Å². The molecule has 3 atom stereocenters. The smallest absolute Gasteiger partial charge is 0.339 e. The maximum atomic E-state index is 13.7. The third-order valence-corrected chi connectivity index (χ3v) is 8.81. The molecule has 2 aliphatic rings. The van der Waals surface area contributed by atoms with Crippen LogP contribution in [0.25, 0.3) is 0 Å². The Bertz CT molecular complexity index is 1770. The fourth-order valence-electron chi connectivity index (χ4n) is 5.13. The van der Waals surface area contributed by atoms with Gasteiger partial charge < -0.3 is 19.5 Å². The lowest BCUT2D eigenvalue weighted by Gasteiger charge is -2.48. The minimum atomic E-state index is -0.828. The van der Waals surface area contributed by atoms with Gasteiger partial charge in [-0.25, -0.2) is 4.79 Å². The molecular weight excluding hydrogens is 602 g/mol. The maximum absolute atomic E-state index is 13.7. The number of amides is 2. The average Bonchev–Trinajstić information content (AvgIpc) is 3.09. The third-order valence-electron chi connectivity index (χ3n) is 7.42. The molecule has 0 aliphatic carbocycles. The average molecular weight is 632 g/mol. The summed E-state index contributed by atoms with van der Waals surface area (Å²) in [6, 6.07) is 34.9. The van der Waals surface area contributed by atoms with Crippen LogP contribution < -0.4 is 14.8 Å². The number of β-lactam (4-membered cyclic amide) rings is 1. The number of rotatable bonds is 10. The minimum Gasteiger partial charge on any atom is -0.489 e. The molecule has 2 unspecified atom stereocenters. The zero-order chi connectivity index (χ0) is 32.0. The fourth-order valence-corrected chi connectivity index (χ4v) is 6.56. The van der Waals surface area contributed by atoms with Gasteiger partial charge in [-0.15, -0.1) is 11.8 Å². The lowest BCUT2D eigenvalue weighted by atomic mass is 10.0. The van der Waals surface area contributed by atoms with Crippen LogP contribution in [0.1, 0.15) is 35.3 Å². The number of hydrogen-bond donors (Lipinski definition) is 1. The molecule has 0 aromatic heterocycles. The van der Waals surface area contributed by atoms with Crippen LogP contribution in [0.2, 0.25) is 0 Å². The number of benzene rings is 4. The second-order valence-electron chi connectivity index (χ2n) is 10.7. The van der Waals surface area contributed by atoms with Crippen LogP contribution in [0.4, 0.5) is 0 Å². The molecule has 4 aromatic carbocycles. The van der Waals surface area contributed by atoms with Crippen molar-refractivity contribution in [2.45, 2.75) is 36.5 Å². The van der Waals surface area contributed by atoms with Crippen LogP contribution in [0.15, 0.2) is 121 Å². The molecule has 2 amide bonds. The lowest BCUT2D eigenvalue weighted by molar-refractivity contribution is -0.151. The molecule has 0 spiro atoms. The minimum absolute atomic E-state index is 0.155. The van der Waals surface area contributed by atoms with Gasteiger partial charge in [-0.05, 0) is 53.1 Å². The van der Waals surface area contributed by atoms with Crippen molar-refractivity contribution in [3.8, 4) is 17.6 Å². The fraction of sp³-hybridized carbons (Fsp3) is 0.167. The van der Waals surface area contributed by atoms with Gasteiger partial charge in [0.05, 0.1) is 17.2 Å². The van der Waals surface area contributed by atoms with Crippen molar-refractivity contribution < 1.29 is 28.6 Å². The van der Waals surface area contributed by atoms with Gasteiger partial charge in [0.25, 0.3) is 5.91 Å². The number of thioether (sulfide) groups is 1. The monoisotopic (exact) mass is 631 g/mol. The summed E-state index contributed by atoms with van der Waals surface area (Å²) in [6.07, 6.45) is -0.0553. The number of esters is 1. The van der Waals surface area contributed by atoms with E-state index in [9.17, 15) is 14.4 Å². The Balaban J connectivity index is 1.16. The SMILES string of the molecule is CC(=O)NC1S[C@@H]2C(Oc3cccc(COc4ccc(C#N)cc4)c3)C(=O)N2C=C1C(=O)OC(c1ccccc1)c1ccccc1. The number of nitrogens with one attached hydrogen (secondary N) is 1. The quantitative estimate of drug-likeness (QED) is 0.181. The first kappa shape index (κ1) is 30.5. The summed E-state index contributed by atoms with van der Waals surface area (Å²) in [5, 5.41) is 10.6. The van der Waals surface area contributed by atoms with Crippen molar-refractivity contribution in [3.63, 3.8) is 0 Å². The van der Waals surface area contributed by atoms with E-state index < -0.39 is 28.9 Å². The Hall–Kier alpha value is -5.53. The van der Waals surface area contributed by atoms with Gasteiger partial charge in [-0.3, -0.25) is 14.5 Å². The zero-order valence-corrected chi connectivity index (χ0v) is 25.6. The highest BCUT2D eigenvalue weighted by Gasteiger charge is 2.54. The van der Waals surface area contributed by atoms with Crippen LogP contribution >= 0.6 is 11.8 Å². The van der Waals surface area contributed by atoms with E-state index in [0.717, 1.165) is 16.7 Å². The molecule has 10 heteroatoms. The van der Waals surface area contributed by atoms with E-state index in [4.69, 9.17) is 19.5 Å². The highest BCUT2D eigenvalue weighted by Crippen LogP contribution is 2.42. The summed E-state index contributed by atoms with van der Waals surface area (Å²) in [6.45, 7) is 1.63. The van der Waals surface area contributed by atoms with Crippen LogP contribution in [0, 0.1) is 11.3 Å². The van der Waals surface area contributed by atoms with E-state index in [1.54, 1.807) is 36.4 Å². The van der Waals surface area contributed by atoms with Crippen molar-refractivity contribution in [3.05, 3.63) is 143 Å². The summed E-state index contributed by atoms with van der Waals surface area (Å²) in [5.41, 5.74) is 3.11. The molecule has 1 fully saturated rings. The number of hydrogen-bond acceptors (Lipinski definition) is 8. The molecular formula is C36H29N3O6S. The molecule has 4 aromatic rings. The van der Waals surface area contributed by atoms with E-state index in [2.05, 4.69) is 11.4 Å². The summed E-state index contributed by atoms with van der Waals surface area (Å²) in [4.78, 5) is 40.6. The number of fused-ring (bicyclic) bond motifs is 1. The predicted octanol–water partition coefficient (Wildman–Crippen LogP) is 5.48. The molecule has 1 N–H and O–H groups in total. The van der Waals surface area contributed by atoms with Crippen LogP contribution in [-0.2, 0) is 25.7 Å². The zero-order valence-electron chi connectivity index (χ0n) is 24.7. The van der Waals surface area contributed by atoms with E-state index in [1.807, 2.05) is 72.8 Å². The van der Waals surface area contributed by atoms with Gasteiger partial charge in [0.2, 0.25) is 12.0 Å². The number of ether oxygens (including phenoxy) is 3. The third kappa shape index (κ3) is 6.75. The predicted molar refractivity (Wildman–Crippen MR) is 171 cm³/mol. The standard InChI is InChI=1S/C36H29N3O6S/c1-23(40)38-33-30(36(42)45-31(26-10-4-2-5-11-26)27-12-6-3-7-13-27)21-39-34(41)32(35(39)46-33)44-29-14-8-9-25(19-29)22-43-28-17-15-24(20-37)16-18-28/h2-19,21,31-33,35H,22H2,1H3,(H,38,40)/t32?,33?,35-/m1/s1. The lowest BCUT2D eigenvalue weighted by Crippen LogP contribution is -2.66. The Labute approximate surface area is 270 Å². The summed E-state index contributed by atoms with van der Waals surface area (Å²) in [5.74, 6) is -0.179. The van der Waals surface area contributed by atoms with Gasteiger partial charge in [0, 0.05) is 13.1 Å². The second kappa shape index (κ2) is 13.6. The first-order valence-corrected chi connectivity index (χ1v) is 15.5. The van der Waals surface area contributed by atoms with E-state index >= 15 is 0 Å². The molecule has 0 bridgehead atoms. The molecule has 2 heterocycles. The molecule has 0 saturated carbocycles. The highest BCUT2D eigenvalue weighted by atomic mass is 32.2. The number of nitriles is 1. The van der Waals surface area contributed by atoms with Crippen molar-refractivity contribution in [2.75, 3.05) is 0 Å². The van der Waals surface area contributed by atoms with Crippen LogP contribution in [0.3, 0.4) is 0 Å². The van der Waals surface area contributed by atoms with Gasteiger partial charge in [0.1, 0.15) is 28.9 Å². The second-order valence-corrected chi connectivity index (χ2v) is 11.9. The molecule has 9 nitrogen and oxygen atoms in total. The first-order valence-electron chi connectivity index (χ1n) is 14.6. The number of carbonyl (C=O) groups excluding carboxylic acids is 3. The molecule has 0 radical (unpaired) electrons. The summed E-state index contributed by atoms with van der Waals surface area (Å²) < 4.78 is 18.0. The highest BCUT2D eigenvalue weighted by molar-refractivity contribution is 8.00. The van der Waals surface area contributed by atoms with E-state index in [1.165, 1.54) is 29.8 Å². The van der Waals surface area contributed by atoms with Gasteiger partial charge in [-0.1, -0.05) is 72.8 Å². The molecule has 2 aliphatic heterocycles. The van der Waals surface area contributed by atoms with E-state index in [-0.39, 0.29) is 24.0 Å². The normalized spacial score (nSPS) is 18.4. The number of carbonyl (C=O) groups is 3. The summed E-state index contributed by atoms with van der Waals surface area (Å²) >= 11 is 1.24. The molecule has 46 heavy (non-hydrogen) atoms. The molecule has 6 rings (SSSR count). The van der Waals surface area contributed by atoms with Crippen LogP contribution in [0.5, 0.6) is 11.5 Å². The van der Waals surface area contributed by atoms with Crippen LogP contribution in [-0.4, -0.2) is 39.5 Å². The van der Waals surface area contributed by atoms with Gasteiger partial charge in [-0.2, -0.15) is 5.26 Å². The molecule has 230 valence electrons.